The molecular formula is C21H30N4O3S. The van der Waals surface area contributed by atoms with Crippen LogP contribution in [0.25, 0.3) is 0 Å². The topological polar surface area (TPSA) is 81.8 Å². The van der Waals surface area contributed by atoms with E-state index in [4.69, 9.17) is 0 Å². The van der Waals surface area contributed by atoms with Gasteiger partial charge in [-0.3, -0.25) is 14.4 Å². The van der Waals surface area contributed by atoms with Gasteiger partial charge in [-0.1, -0.05) is 25.8 Å². The third kappa shape index (κ3) is 6.13. The molecule has 0 aliphatic carbocycles. The lowest BCUT2D eigenvalue weighted by molar-refractivity contribution is -0.133. The van der Waals surface area contributed by atoms with E-state index < -0.39 is 6.04 Å². The highest BCUT2D eigenvalue weighted by Gasteiger charge is 2.26. The lowest BCUT2D eigenvalue weighted by atomic mass is 10.1. The van der Waals surface area contributed by atoms with Gasteiger partial charge >= 0.3 is 0 Å². The maximum Gasteiger partial charge on any atom is 0.246 e. The van der Waals surface area contributed by atoms with Gasteiger partial charge in [0.25, 0.3) is 0 Å². The number of carbonyl (C=O) groups is 3. The Bertz CT molecular complexity index is 736. The van der Waals surface area contributed by atoms with Gasteiger partial charge < -0.3 is 20.4 Å². The molecule has 0 aromatic heterocycles. The van der Waals surface area contributed by atoms with Crippen molar-refractivity contribution < 1.29 is 14.4 Å². The number of rotatable bonds is 9. The molecule has 1 aromatic carbocycles. The number of thioether (sulfide) groups is 1. The fourth-order valence-corrected chi connectivity index (χ4v) is 4.52. The van der Waals surface area contributed by atoms with Crippen LogP contribution in [0.2, 0.25) is 0 Å². The summed E-state index contributed by atoms with van der Waals surface area (Å²) in [6.07, 6.45) is 4.73. The molecule has 8 heteroatoms. The van der Waals surface area contributed by atoms with E-state index in [1.54, 1.807) is 0 Å². The molecule has 0 radical (unpaired) electrons. The first-order valence-electron chi connectivity index (χ1n) is 10.4. The SMILES string of the molecule is CCCC[C@@H](NC(=O)CN1CSCC1=O)C(=O)Nc1cccc(N2CCCC2)c1. The third-order valence-electron chi connectivity index (χ3n) is 5.24. The highest BCUT2D eigenvalue weighted by molar-refractivity contribution is 8.00. The summed E-state index contributed by atoms with van der Waals surface area (Å²) in [4.78, 5) is 40.8. The standard InChI is InChI=1S/C21H30N4O3S/c1-2-3-9-18(23-19(26)13-25-15-29-14-20(25)27)21(28)22-16-7-6-8-17(12-16)24-10-4-5-11-24/h6-8,12,18H,2-5,9-11,13-15H2,1H3,(H,22,28)(H,23,26)/t18-/m1/s1. The molecule has 3 amide bonds. The summed E-state index contributed by atoms with van der Waals surface area (Å²) in [7, 11) is 0. The molecule has 7 nitrogen and oxygen atoms in total. The largest absolute Gasteiger partial charge is 0.371 e. The van der Waals surface area contributed by atoms with Gasteiger partial charge in [-0.25, -0.2) is 0 Å². The lowest BCUT2D eigenvalue weighted by Gasteiger charge is -2.22. The second kappa shape index (κ2) is 10.5. The van der Waals surface area contributed by atoms with Crippen LogP contribution in [0.3, 0.4) is 0 Å². The summed E-state index contributed by atoms with van der Waals surface area (Å²) in [5, 5.41) is 5.78. The fraction of sp³-hybridized carbons (Fsp3) is 0.571. The van der Waals surface area contributed by atoms with Crippen LogP contribution in [0.5, 0.6) is 0 Å². The number of nitrogens with zero attached hydrogens (tertiary/aromatic N) is 2. The van der Waals surface area contributed by atoms with Crippen molar-refractivity contribution in [3.05, 3.63) is 24.3 Å². The quantitative estimate of drug-likeness (QED) is 0.644. The normalized spacial score (nSPS) is 17.5. The molecule has 2 heterocycles. The molecule has 29 heavy (non-hydrogen) atoms. The second-order valence-electron chi connectivity index (χ2n) is 7.57. The minimum absolute atomic E-state index is 0.00613. The van der Waals surface area contributed by atoms with Gasteiger partial charge in [-0.15, -0.1) is 11.8 Å². The molecule has 1 aromatic rings. The number of anilines is 2. The molecule has 2 aliphatic heterocycles. The number of hydrogen-bond donors (Lipinski definition) is 2. The smallest absolute Gasteiger partial charge is 0.246 e. The van der Waals surface area contributed by atoms with Gasteiger partial charge in [0.1, 0.15) is 12.6 Å². The van der Waals surface area contributed by atoms with Crippen LogP contribution in [-0.4, -0.2) is 59.9 Å². The Morgan fingerprint density at radius 3 is 2.72 bits per heavy atom. The Morgan fingerprint density at radius 2 is 2.03 bits per heavy atom. The Hall–Kier alpha value is -2.22. The Kier molecular flexibility index (Phi) is 7.80. The number of unbranched alkanes of at least 4 members (excludes halogenated alkanes) is 1. The summed E-state index contributed by atoms with van der Waals surface area (Å²) in [6, 6.07) is 7.25. The number of benzene rings is 1. The van der Waals surface area contributed by atoms with E-state index in [-0.39, 0.29) is 24.3 Å². The zero-order valence-electron chi connectivity index (χ0n) is 17.0. The average Bonchev–Trinajstić information content (AvgIpc) is 3.38. The first-order chi connectivity index (χ1) is 14.1. The summed E-state index contributed by atoms with van der Waals surface area (Å²) < 4.78 is 0. The minimum Gasteiger partial charge on any atom is -0.371 e. The van der Waals surface area contributed by atoms with Crippen LogP contribution < -0.4 is 15.5 Å². The molecular weight excluding hydrogens is 388 g/mol. The molecule has 0 bridgehead atoms. The highest BCUT2D eigenvalue weighted by atomic mass is 32.2. The number of nitrogens with one attached hydrogen (secondary N) is 2. The molecule has 1 atom stereocenters. The van der Waals surface area contributed by atoms with Crippen LogP contribution in [-0.2, 0) is 14.4 Å². The molecule has 0 unspecified atom stereocenters. The molecule has 2 N–H and O–H groups in total. The van der Waals surface area contributed by atoms with Crippen molar-refractivity contribution in [1.29, 1.82) is 0 Å². The van der Waals surface area contributed by atoms with Crippen molar-refractivity contribution in [2.75, 3.05) is 41.5 Å². The van der Waals surface area contributed by atoms with Crippen molar-refractivity contribution in [3.63, 3.8) is 0 Å². The van der Waals surface area contributed by atoms with Crippen LogP contribution in [0.1, 0.15) is 39.0 Å². The van der Waals surface area contributed by atoms with Gasteiger partial charge in [0.05, 0.1) is 11.6 Å². The molecule has 2 saturated heterocycles. The Balaban J connectivity index is 1.60. The summed E-state index contributed by atoms with van der Waals surface area (Å²) in [6.45, 7) is 4.14. The predicted molar refractivity (Wildman–Crippen MR) is 117 cm³/mol. The zero-order valence-corrected chi connectivity index (χ0v) is 17.8. The van der Waals surface area contributed by atoms with E-state index in [1.807, 2.05) is 18.2 Å². The average molecular weight is 419 g/mol. The minimum atomic E-state index is -0.608. The number of amides is 3. The second-order valence-corrected chi connectivity index (χ2v) is 8.52. The van der Waals surface area contributed by atoms with Crippen molar-refractivity contribution >= 4 is 40.9 Å². The lowest BCUT2D eigenvalue weighted by Crippen LogP contribution is -2.47. The van der Waals surface area contributed by atoms with E-state index in [9.17, 15) is 14.4 Å². The first-order valence-corrected chi connectivity index (χ1v) is 11.5. The van der Waals surface area contributed by atoms with E-state index in [1.165, 1.54) is 29.5 Å². The Labute approximate surface area is 176 Å². The van der Waals surface area contributed by atoms with Crippen molar-refractivity contribution in [1.82, 2.24) is 10.2 Å². The molecule has 3 rings (SSSR count). The van der Waals surface area contributed by atoms with Crippen LogP contribution in [0, 0.1) is 0 Å². The maximum absolute atomic E-state index is 12.9. The van der Waals surface area contributed by atoms with Crippen molar-refractivity contribution in [3.8, 4) is 0 Å². The zero-order chi connectivity index (χ0) is 20.6. The van der Waals surface area contributed by atoms with Gasteiger partial charge in [0.15, 0.2) is 0 Å². The first kappa shape index (κ1) is 21.5. The fourth-order valence-electron chi connectivity index (χ4n) is 3.62. The van der Waals surface area contributed by atoms with Crippen LogP contribution in [0.15, 0.2) is 24.3 Å². The monoisotopic (exact) mass is 418 g/mol. The van der Waals surface area contributed by atoms with E-state index in [0.717, 1.165) is 37.3 Å². The van der Waals surface area contributed by atoms with Crippen molar-refractivity contribution in [2.45, 2.75) is 45.1 Å². The number of carbonyl (C=O) groups excluding carboxylic acids is 3. The van der Waals surface area contributed by atoms with Crippen molar-refractivity contribution in [2.24, 2.45) is 0 Å². The van der Waals surface area contributed by atoms with Gasteiger partial charge in [-0.2, -0.15) is 0 Å². The predicted octanol–water partition coefficient (Wildman–Crippen LogP) is 2.43. The molecule has 2 aliphatic rings. The molecule has 2 fully saturated rings. The molecule has 0 saturated carbocycles. The van der Waals surface area contributed by atoms with E-state index in [0.29, 0.717) is 18.1 Å². The van der Waals surface area contributed by atoms with Crippen LogP contribution >= 0.6 is 11.8 Å². The maximum atomic E-state index is 12.9. The molecule has 158 valence electrons. The van der Waals surface area contributed by atoms with Gasteiger partial charge in [0, 0.05) is 24.5 Å². The Morgan fingerprint density at radius 1 is 1.24 bits per heavy atom. The number of hydrogen-bond acceptors (Lipinski definition) is 5. The summed E-state index contributed by atoms with van der Waals surface area (Å²) in [5.74, 6) is 0.413. The van der Waals surface area contributed by atoms with Crippen LogP contribution in [0.4, 0.5) is 11.4 Å². The highest BCUT2D eigenvalue weighted by Crippen LogP contribution is 2.23. The summed E-state index contributed by atoms with van der Waals surface area (Å²) >= 11 is 1.50. The third-order valence-corrected chi connectivity index (χ3v) is 6.19. The van der Waals surface area contributed by atoms with E-state index >= 15 is 0 Å². The summed E-state index contributed by atoms with van der Waals surface area (Å²) in [5.41, 5.74) is 1.85. The van der Waals surface area contributed by atoms with Gasteiger partial charge in [0.2, 0.25) is 17.7 Å². The molecule has 0 spiro atoms. The van der Waals surface area contributed by atoms with Gasteiger partial charge in [-0.05, 0) is 37.5 Å². The van der Waals surface area contributed by atoms with E-state index in [2.05, 4.69) is 28.5 Å².